The van der Waals surface area contributed by atoms with Gasteiger partial charge in [-0.1, -0.05) is 13.0 Å². The highest BCUT2D eigenvalue weighted by Gasteiger charge is 2.53. The van der Waals surface area contributed by atoms with E-state index in [4.69, 9.17) is 9.29 Å². The van der Waals surface area contributed by atoms with Gasteiger partial charge in [0.15, 0.2) is 0 Å². The predicted octanol–water partition coefficient (Wildman–Crippen LogP) is 1.01. The van der Waals surface area contributed by atoms with Crippen molar-refractivity contribution < 1.29 is 27.3 Å². The van der Waals surface area contributed by atoms with Crippen LogP contribution in [-0.2, 0) is 19.9 Å². The number of β-lactam (4-membered cyclic amide) rings is 1. The van der Waals surface area contributed by atoms with Crippen molar-refractivity contribution in [1.82, 2.24) is 9.62 Å². The first-order valence-electron chi connectivity index (χ1n) is 6.71. The van der Waals surface area contributed by atoms with E-state index in [2.05, 4.69) is 5.32 Å². The molecule has 0 aliphatic carbocycles. The number of carbonyl (C=O) groups excluding carboxylic acids is 2. The Morgan fingerprint density at radius 3 is 2.30 bits per heavy atom. The molecule has 0 radical (unpaired) electrons. The van der Waals surface area contributed by atoms with Crippen molar-refractivity contribution in [2.24, 2.45) is 0 Å². The third-order valence-corrected chi connectivity index (χ3v) is 5.18. The number of rotatable bonds is 4. The van der Waals surface area contributed by atoms with Crippen LogP contribution in [0.15, 0.2) is 24.3 Å². The molecule has 0 spiro atoms. The van der Waals surface area contributed by atoms with E-state index in [0.29, 0.717) is 10.1 Å². The molecule has 1 fully saturated rings. The molecule has 3 aliphatic rings. The lowest BCUT2D eigenvalue weighted by Crippen LogP contribution is -2.70. The Morgan fingerprint density at radius 1 is 1.43 bits per heavy atom. The van der Waals surface area contributed by atoms with Crippen LogP contribution in [0.4, 0.5) is 0 Å². The van der Waals surface area contributed by atoms with Gasteiger partial charge in [-0.3, -0.25) is 14.1 Å². The summed E-state index contributed by atoms with van der Waals surface area (Å²) in [6.45, 7) is 3.01. The largest absolute Gasteiger partial charge is 0.457 e. The van der Waals surface area contributed by atoms with Crippen molar-refractivity contribution >= 4 is 33.9 Å². The lowest BCUT2D eigenvalue weighted by molar-refractivity contribution is -0.141. The molecule has 1 saturated heterocycles. The Balaban J connectivity index is 0.000000223. The molecule has 1 aromatic rings. The summed E-state index contributed by atoms with van der Waals surface area (Å²) >= 11 is 1.16. The van der Waals surface area contributed by atoms with Gasteiger partial charge in [0.25, 0.3) is 5.91 Å². The quantitative estimate of drug-likeness (QED) is 0.618. The zero-order valence-electron chi connectivity index (χ0n) is 12.4. The third kappa shape index (κ3) is 3.95. The minimum Gasteiger partial charge on any atom is -0.457 e. The van der Waals surface area contributed by atoms with Crippen LogP contribution in [0.2, 0.25) is 0 Å². The van der Waals surface area contributed by atoms with Gasteiger partial charge < -0.3 is 10.1 Å². The Morgan fingerprint density at radius 2 is 2.00 bits per heavy atom. The van der Waals surface area contributed by atoms with Crippen molar-refractivity contribution in [1.29, 1.82) is 0 Å². The number of nitrogens with one attached hydrogen (secondary N) is 1. The smallest absolute Gasteiger partial charge is 0.363 e. The fourth-order valence-electron chi connectivity index (χ4n) is 2.05. The average molecular weight is 360 g/mol. The van der Waals surface area contributed by atoms with Crippen molar-refractivity contribution in [3.63, 3.8) is 0 Å². The molecule has 2 bridgehead atoms. The molecule has 0 saturated carbocycles. The lowest BCUT2D eigenvalue weighted by Gasteiger charge is -2.43. The van der Waals surface area contributed by atoms with Crippen LogP contribution < -0.4 is 10.1 Å². The zero-order chi connectivity index (χ0) is 17.2. The van der Waals surface area contributed by atoms with Crippen LogP contribution in [0, 0.1) is 0 Å². The Labute approximate surface area is 138 Å². The molecule has 10 heteroatoms. The number of hydrogen-bond acceptors (Lipinski definition) is 6. The summed E-state index contributed by atoms with van der Waals surface area (Å²) in [5.41, 5.74) is 0. The Bertz CT molecular complexity index is 696. The van der Waals surface area contributed by atoms with E-state index in [0.717, 1.165) is 23.3 Å². The molecule has 8 nitrogen and oxygen atoms in total. The number of ether oxygens (including phenoxy) is 1. The van der Waals surface area contributed by atoms with E-state index in [-0.39, 0.29) is 0 Å². The number of benzene rings is 1. The fourth-order valence-corrected chi connectivity index (χ4v) is 4.24. The molecule has 4 rings (SSSR count). The number of amides is 2. The minimum atomic E-state index is -4.54. The van der Waals surface area contributed by atoms with Crippen molar-refractivity contribution in [2.45, 2.75) is 25.3 Å². The predicted molar refractivity (Wildman–Crippen MR) is 84.4 cm³/mol. The Hall–Kier alpha value is -1.78. The molecule has 23 heavy (non-hydrogen) atoms. The first-order valence-corrected chi connectivity index (χ1v) is 9.16. The molecule has 3 heterocycles. The summed E-state index contributed by atoms with van der Waals surface area (Å²) in [6, 6.07) is 6.97. The van der Waals surface area contributed by atoms with Gasteiger partial charge in [-0.2, -0.15) is 12.7 Å². The first kappa shape index (κ1) is 17.6. The van der Waals surface area contributed by atoms with E-state index in [1.54, 1.807) is 6.92 Å². The van der Waals surface area contributed by atoms with Gasteiger partial charge in [0, 0.05) is 13.0 Å². The van der Waals surface area contributed by atoms with Crippen molar-refractivity contribution in [3.8, 4) is 11.5 Å². The highest BCUT2D eigenvalue weighted by Crippen LogP contribution is 2.33. The SMILES string of the molecule is CCS[C@H]1[C@H](NC(C)=O)C(=O)N1S(=O)(=O)O.c1cc2cc(c1)O2. The van der Waals surface area contributed by atoms with Gasteiger partial charge in [0.05, 0.1) is 0 Å². The Kier molecular flexibility index (Phi) is 5.17. The average Bonchev–Trinajstić information content (AvgIpc) is 2.44. The second-order valence-corrected chi connectivity index (χ2v) is 7.40. The van der Waals surface area contributed by atoms with Crippen molar-refractivity contribution in [2.75, 3.05) is 5.75 Å². The van der Waals surface area contributed by atoms with E-state index in [9.17, 15) is 18.0 Å². The maximum Gasteiger partial charge on any atom is 0.363 e. The third-order valence-electron chi connectivity index (χ3n) is 2.99. The number of thioether (sulfide) groups is 1. The highest BCUT2D eigenvalue weighted by molar-refractivity contribution is 8.00. The van der Waals surface area contributed by atoms with Crippen LogP contribution in [0.1, 0.15) is 13.8 Å². The van der Waals surface area contributed by atoms with E-state index >= 15 is 0 Å². The summed E-state index contributed by atoms with van der Waals surface area (Å²) in [4.78, 5) is 22.2. The summed E-state index contributed by atoms with van der Waals surface area (Å²) in [5.74, 6) is 1.29. The molecular weight excluding hydrogens is 344 g/mol. The van der Waals surface area contributed by atoms with E-state index in [1.165, 1.54) is 6.92 Å². The first-order chi connectivity index (χ1) is 10.7. The maximum absolute atomic E-state index is 11.4. The van der Waals surface area contributed by atoms with Gasteiger partial charge in [-0.25, -0.2) is 0 Å². The molecule has 0 unspecified atom stereocenters. The number of nitrogens with zero attached hydrogens (tertiary/aromatic N) is 1. The number of fused-ring (bicyclic) bond motifs is 2. The second-order valence-electron chi connectivity index (χ2n) is 4.71. The maximum atomic E-state index is 11.4. The molecule has 2 N–H and O–H groups in total. The van der Waals surface area contributed by atoms with Gasteiger partial charge in [0.1, 0.15) is 22.9 Å². The monoisotopic (exact) mass is 360 g/mol. The minimum absolute atomic E-state index is 0.377. The number of hydrogen-bond donors (Lipinski definition) is 2. The number of carbonyl (C=O) groups is 2. The second kappa shape index (κ2) is 6.77. The van der Waals surface area contributed by atoms with Gasteiger partial charge >= 0.3 is 10.3 Å². The normalized spacial score (nSPS) is 21.2. The molecule has 1 aromatic carbocycles. The molecular formula is C13H16N2O6S2. The molecule has 126 valence electrons. The van der Waals surface area contributed by atoms with Gasteiger partial charge in [0.2, 0.25) is 5.91 Å². The van der Waals surface area contributed by atoms with Crippen LogP contribution >= 0.6 is 11.8 Å². The topological polar surface area (TPSA) is 113 Å². The summed E-state index contributed by atoms with van der Waals surface area (Å²) in [6.07, 6.45) is 0. The van der Waals surface area contributed by atoms with Crippen LogP contribution in [0.3, 0.4) is 0 Å². The fraction of sp³-hybridized carbons (Fsp3) is 0.385. The van der Waals surface area contributed by atoms with Crippen LogP contribution in [0.25, 0.3) is 0 Å². The molecule has 0 aromatic heterocycles. The standard InChI is InChI=1S/C7H12N2O5S2.C6H4O/c1-3-15-7-5(8-4(2)10)6(11)9(7)16(12,13)14;1-2-5-4-6(3-1)7-5/h5,7H,3H2,1-2H3,(H,8,10)(H,12,13,14);1-4H/t5-,7+;/m1./s1. The summed E-state index contributed by atoms with van der Waals surface area (Å²) in [5, 5.41) is 1.57. The lowest BCUT2D eigenvalue weighted by atomic mass is 10.1. The summed E-state index contributed by atoms with van der Waals surface area (Å²) < 4.78 is 35.9. The molecule has 2 amide bonds. The molecule has 3 aliphatic heterocycles. The molecule has 2 atom stereocenters. The zero-order valence-corrected chi connectivity index (χ0v) is 14.1. The highest BCUT2D eigenvalue weighted by atomic mass is 32.2. The van der Waals surface area contributed by atoms with E-state index in [1.807, 2.05) is 24.3 Å². The van der Waals surface area contributed by atoms with Gasteiger partial charge in [-0.05, 0) is 17.9 Å². The van der Waals surface area contributed by atoms with Crippen LogP contribution in [0.5, 0.6) is 11.5 Å². The van der Waals surface area contributed by atoms with Gasteiger partial charge in [-0.15, -0.1) is 11.8 Å². The van der Waals surface area contributed by atoms with Crippen molar-refractivity contribution in [3.05, 3.63) is 24.3 Å². The van der Waals surface area contributed by atoms with E-state index < -0.39 is 33.5 Å². The summed E-state index contributed by atoms with van der Waals surface area (Å²) in [7, 11) is -4.54. The van der Waals surface area contributed by atoms with Crippen LogP contribution in [-0.4, -0.2) is 46.3 Å².